The van der Waals surface area contributed by atoms with Crippen molar-refractivity contribution in [3.05, 3.63) is 0 Å². The summed E-state index contributed by atoms with van der Waals surface area (Å²) in [4.78, 5) is 11.4. The van der Waals surface area contributed by atoms with Gasteiger partial charge in [-0.2, -0.15) is 5.48 Å². The minimum atomic E-state index is -1.06. The van der Waals surface area contributed by atoms with Crippen LogP contribution in [0.15, 0.2) is 0 Å². The van der Waals surface area contributed by atoms with Crippen LogP contribution in [0.3, 0.4) is 0 Å². The molecule has 0 radical (unpaired) electrons. The molecule has 0 aromatic rings. The molecule has 8 heteroatoms. The lowest BCUT2D eigenvalue weighted by Crippen LogP contribution is -2.38. The number of ether oxygens (including phenoxy) is 1. The van der Waals surface area contributed by atoms with Gasteiger partial charge in [-0.25, -0.2) is 0 Å². The topological polar surface area (TPSA) is 137 Å². The number of aliphatic hydroxyl groups is 2. The average molecular weight is 279 g/mol. The fourth-order valence-electron chi connectivity index (χ4n) is 1.31. The number of aliphatic hydroxyl groups excluding tert-OH is 2. The third-order valence-corrected chi connectivity index (χ3v) is 2.52. The summed E-state index contributed by atoms with van der Waals surface area (Å²) < 4.78 is 4.74. The number of unbranched alkanes of at least 4 members (excludes halogenated alkanes) is 1. The number of nitrogens with two attached hydrogens (primary N) is 1. The third-order valence-electron chi connectivity index (χ3n) is 2.52. The highest BCUT2D eigenvalue weighted by molar-refractivity contribution is 5.75. The predicted molar refractivity (Wildman–Crippen MR) is 68.3 cm³/mol. The largest absolute Gasteiger partial charge is 0.462 e. The average Bonchev–Trinajstić information content (AvgIpc) is 2.43. The van der Waals surface area contributed by atoms with Crippen LogP contribution in [0, 0.1) is 0 Å². The fraction of sp³-hybridized carbons (Fsp3) is 0.909. The van der Waals surface area contributed by atoms with Gasteiger partial charge in [-0.1, -0.05) is 6.42 Å². The fourth-order valence-corrected chi connectivity index (χ4v) is 1.31. The first-order valence-electron chi connectivity index (χ1n) is 6.35. The van der Waals surface area contributed by atoms with Gasteiger partial charge in [0.25, 0.3) is 0 Å². The third kappa shape index (κ3) is 9.77. The van der Waals surface area contributed by atoms with Gasteiger partial charge >= 0.3 is 5.97 Å². The lowest BCUT2D eigenvalue weighted by atomic mass is 10.1. The normalized spacial score (nSPS) is 15.8. The molecule has 0 saturated heterocycles. The molecule has 0 heterocycles. The first-order chi connectivity index (χ1) is 9.01. The van der Waals surface area contributed by atoms with Crippen molar-refractivity contribution in [2.75, 3.05) is 19.8 Å². The molecule has 7 N–H and O–H groups in total. The second-order valence-corrected chi connectivity index (χ2v) is 4.37. The highest BCUT2D eigenvalue weighted by atomic mass is 16.5. The number of hydroxylamine groups is 1. The van der Waals surface area contributed by atoms with Crippen molar-refractivity contribution < 1.29 is 25.0 Å². The van der Waals surface area contributed by atoms with Crippen LogP contribution in [0.5, 0.6) is 0 Å². The zero-order valence-electron chi connectivity index (χ0n) is 11.2. The van der Waals surface area contributed by atoms with E-state index in [1.165, 1.54) is 0 Å². The van der Waals surface area contributed by atoms with E-state index >= 15 is 0 Å². The number of hydrogen-bond acceptors (Lipinski definition) is 8. The Balaban J connectivity index is 3.57. The lowest BCUT2D eigenvalue weighted by molar-refractivity contribution is -0.149. The van der Waals surface area contributed by atoms with Crippen molar-refractivity contribution in [1.29, 1.82) is 0 Å². The highest BCUT2D eigenvalue weighted by Gasteiger charge is 2.16. The van der Waals surface area contributed by atoms with Crippen LogP contribution in [0.25, 0.3) is 0 Å². The van der Waals surface area contributed by atoms with E-state index < -0.39 is 24.7 Å². The molecule has 0 spiro atoms. The van der Waals surface area contributed by atoms with Crippen LogP contribution in [0.4, 0.5) is 0 Å². The molecule has 0 aliphatic rings. The molecule has 0 aromatic carbocycles. The van der Waals surface area contributed by atoms with Crippen molar-refractivity contribution in [2.24, 2.45) is 5.73 Å². The van der Waals surface area contributed by atoms with E-state index in [1.54, 1.807) is 6.92 Å². The Kier molecular flexibility index (Phi) is 10.6. The van der Waals surface area contributed by atoms with Gasteiger partial charge in [0.05, 0.1) is 12.8 Å². The zero-order valence-corrected chi connectivity index (χ0v) is 11.2. The zero-order chi connectivity index (χ0) is 14.7. The van der Waals surface area contributed by atoms with Crippen LogP contribution in [0.2, 0.25) is 0 Å². The maximum absolute atomic E-state index is 11.4. The Labute approximate surface area is 112 Å². The van der Waals surface area contributed by atoms with E-state index in [0.29, 0.717) is 13.0 Å². The number of nitrogens with one attached hydrogen (secondary N) is 2. The van der Waals surface area contributed by atoms with Crippen LogP contribution in [-0.4, -0.2) is 59.5 Å². The van der Waals surface area contributed by atoms with Gasteiger partial charge < -0.3 is 31.2 Å². The molecule has 19 heavy (non-hydrogen) atoms. The van der Waals surface area contributed by atoms with Crippen molar-refractivity contribution in [2.45, 2.75) is 44.5 Å². The summed E-state index contributed by atoms with van der Waals surface area (Å²) in [5.41, 5.74) is 7.68. The molecular formula is C11H25N3O5. The summed E-state index contributed by atoms with van der Waals surface area (Å²) >= 11 is 0. The molecule has 8 nitrogen and oxygen atoms in total. The number of rotatable bonds is 11. The minimum absolute atomic E-state index is 0.182. The lowest BCUT2D eigenvalue weighted by Gasteiger charge is -2.14. The van der Waals surface area contributed by atoms with Crippen LogP contribution in [-0.2, 0) is 9.53 Å². The van der Waals surface area contributed by atoms with E-state index in [1.807, 2.05) is 0 Å². The van der Waals surface area contributed by atoms with Crippen molar-refractivity contribution >= 4 is 5.97 Å². The van der Waals surface area contributed by atoms with Gasteiger partial charge in [0.2, 0.25) is 0 Å². The molecule has 0 rings (SSSR count). The van der Waals surface area contributed by atoms with Gasteiger partial charge in [-0.3, -0.25) is 4.79 Å². The molecule has 0 aromatic heterocycles. The second-order valence-electron chi connectivity index (χ2n) is 4.37. The molecular weight excluding hydrogens is 254 g/mol. The van der Waals surface area contributed by atoms with Gasteiger partial charge in [0.15, 0.2) is 0 Å². The molecule has 3 atom stereocenters. The number of hydrogen-bond donors (Lipinski definition) is 6. The van der Waals surface area contributed by atoms with Crippen LogP contribution in [0.1, 0.15) is 26.2 Å². The van der Waals surface area contributed by atoms with E-state index in [4.69, 9.17) is 25.9 Å². The standard InChI is InChI=1S/C11H25N3O5/c1-8(14-18)13-5-3-2-4-10(12)11(17)19-7-9(16)6-15/h8-10,13-16,18H,2-7,12H2,1H3/t8?,9?,10-/m0/s1. The summed E-state index contributed by atoms with van der Waals surface area (Å²) in [6, 6.07) is -0.723. The quantitative estimate of drug-likeness (QED) is 0.114. The molecule has 0 saturated carbocycles. The first-order valence-corrected chi connectivity index (χ1v) is 6.35. The van der Waals surface area contributed by atoms with E-state index in [0.717, 1.165) is 12.8 Å². The Bertz CT molecular complexity index is 242. The minimum Gasteiger partial charge on any atom is -0.462 e. The Hall–Kier alpha value is -0.770. The van der Waals surface area contributed by atoms with Gasteiger partial charge in [-0.15, -0.1) is 0 Å². The summed E-state index contributed by atoms with van der Waals surface area (Å²) in [6.07, 6.45) is 0.791. The van der Waals surface area contributed by atoms with E-state index in [-0.39, 0.29) is 12.8 Å². The smallest absolute Gasteiger partial charge is 0.322 e. The molecule has 114 valence electrons. The predicted octanol–water partition coefficient (Wildman–Crippen LogP) is -1.71. The number of esters is 1. The highest BCUT2D eigenvalue weighted by Crippen LogP contribution is 2.01. The van der Waals surface area contributed by atoms with Crippen LogP contribution < -0.4 is 16.5 Å². The second kappa shape index (κ2) is 11.1. The van der Waals surface area contributed by atoms with Gasteiger partial charge in [0, 0.05) is 0 Å². The van der Waals surface area contributed by atoms with Crippen molar-refractivity contribution in [3.63, 3.8) is 0 Å². The Morgan fingerprint density at radius 1 is 1.42 bits per heavy atom. The molecule has 0 aliphatic carbocycles. The van der Waals surface area contributed by atoms with Gasteiger partial charge in [0.1, 0.15) is 18.8 Å². The maximum atomic E-state index is 11.4. The molecule has 0 aliphatic heterocycles. The van der Waals surface area contributed by atoms with Crippen molar-refractivity contribution in [3.8, 4) is 0 Å². The first kappa shape index (κ1) is 18.2. The summed E-state index contributed by atoms with van der Waals surface area (Å²) in [7, 11) is 0. The van der Waals surface area contributed by atoms with Crippen LogP contribution >= 0.6 is 0 Å². The van der Waals surface area contributed by atoms with Gasteiger partial charge in [-0.05, 0) is 26.3 Å². The Morgan fingerprint density at radius 2 is 2.11 bits per heavy atom. The monoisotopic (exact) mass is 279 g/mol. The summed E-state index contributed by atoms with van der Waals surface area (Å²) in [5.74, 6) is -0.578. The van der Waals surface area contributed by atoms with E-state index in [2.05, 4.69) is 10.8 Å². The molecule has 0 bridgehead atoms. The molecule has 0 fully saturated rings. The van der Waals surface area contributed by atoms with Crippen molar-refractivity contribution in [1.82, 2.24) is 10.8 Å². The number of carbonyl (C=O) groups excluding carboxylic acids is 1. The maximum Gasteiger partial charge on any atom is 0.322 e. The summed E-state index contributed by atoms with van der Waals surface area (Å²) in [6.45, 7) is 1.77. The van der Waals surface area contributed by atoms with E-state index in [9.17, 15) is 4.79 Å². The summed E-state index contributed by atoms with van der Waals surface area (Å²) in [5, 5.41) is 29.1. The number of carbonyl (C=O) groups is 1. The Morgan fingerprint density at radius 3 is 2.68 bits per heavy atom. The molecule has 2 unspecified atom stereocenters. The SMILES string of the molecule is CC(NO)NCCCC[C@H](N)C(=O)OCC(O)CO. The molecule has 0 amide bonds.